The standard InChI is InChI=1S/C11H10Cl2N2O5S/c12-6-1-2-7(10(13)9(6)11(17)18)21(19,20)15-5-3-8(16)14-4-5/h1-2,5,15H,3-4H2,(H,14,16)(H,17,18). The predicted molar refractivity (Wildman–Crippen MR) is 75.2 cm³/mol. The molecule has 0 bridgehead atoms. The van der Waals surface area contributed by atoms with Crippen LogP contribution < -0.4 is 10.0 Å². The molecule has 1 aliphatic rings. The van der Waals surface area contributed by atoms with E-state index in [2.05, 4.69) is 10.0 Å². The fourth-order valence-electron chi connectivity index (χ4n) is 1.91. The fraction of sp³-hybridized carbons (Fsp3) is 0.273. The molecule has 7 nitrogen and oxygen atoms in total. The van der Waals surface area contributed by atoms with Gasteiger partial charge in [-0.15, -0.1) is 0 Å². The number of hydrogen-bond acceptors (Lipinski definition) is 4. The van der Waals surface area contributed by atoms with Gasteiger partial charge in [0.15, 0.2) is 0 Å². The molecule has 0 spiro atoms. The first-order valence-corrected chi connectivity index (χ1v) is 7.96. The summed E-state index contributed by atoms with van der Waals surface area (Å²) in [5.41, 5.74) is -0.484. The molecule has 1 fully saturated rings. The molecule has 1 atom stereocenters. The highest BCUT2D eigenvalue weighted by molar-refractivity contribution is 7.89. The Hall–Kier alpha value is -1.35. The second-order valence-electron chi connectivity index (χ2n) is 4.37. The summed E-state index contributed by atoms with van der Waals surface area (Å²) in [6.07, 6.45) is 0.0101. The number of amides is 1. The zero-order valence-electron chi connectivity index (χ0n) is 10.4. The molecular formula is C11H10Cl2N2O5S. The summed E-state index contributed by atoms with van der Waals surface area (Å²) >= 11 is 11.5. The molecule has 1 heterocycles. The van der Waals surface area contributed by atoms with Crippen LogP contribution in [-0.2, 0) is 14.8 Å². The zero-order chi connectivity index (χ0) is 15.8. The third-order valence-electron chi connectivity index (χ3n) is 2.86. The average Bonchev–Trinajstić information content (AvgIpc) is 2.72. The van der Waals surface area contributed by atoms with E-state index in [0.717, 1.165) is 12.1 Å². The highest BCUT2D eigenvalue weighted by Gasteiger charge is 2.30. The second kappa shape index (κ2) is 5.80. The SMILES string of the molecule is O=C1CC(NS(=O)(=O)c2ccc(Cl)c(C(=O)O)c2Cl)CN1. The highest BCUT2D eigenvalue weighted by Crippen LogP contribution is 2.31. The Kier molecular flexibility index (Phi) is 4.43. The molecule has 0 aromatic heterocycles. The largest absolute Gasteiger partial charge is 0.478 e. The Balaban J connectivity index is 2.39. The number of benzene rings is 1. The van der Waals surface area contributed by atoms with Crippen molar-refractivity contribution in [3.63, 3.8) is 0 Å². The first kappa shape index (κ1) is 16.0. The Morgan fingerprint density at radius 1 is 1.38 bits per heavy atom. The minimum Gasteiger partial charge on any atom is -0.478 e. The van der Waals surface area contributed by atoms with Crippen LogP contribution in [-0.4, -0.2) is 38.0 Å². The van der Waals surface area contributed by atoms with E-state index in [1.807, 2.05) is 0 Å². The van der Waals surface area contributed by atoms with Gasteiger partial charge in [0, 0.05) is 19.0 Å². The van der Waals surface area contributed by atoms with Crippen molar-refractivity contribution in [2.45, 2.75) is 17.4 Å². The van der Waals surface area contributed by atoms with Gasteiger partial charge in [0.05, 0.1) is 15.6 Å². The predicted octanol–water partition coefficient (Wildman–Crippen LogP) is 0.858. The van der Waals surface area contributed by atoms with Crippen molar-refractivity contribution in [2.75, 3.05) is 6.54 Å². The average molecular weight is 353 g/mol. The topological polar surface area (TPSA) is 113 Å². The molecule has 0 radical (unpaired) electrons. The Morgan fingerprint density at radius 3 is 2.57 bits per heavy atom. The molecule has 10 heteroatoms. The minimum absolute atomic E-state index is 0.0101. The molecule has 114 valence electrons. The van der Waals surface area contributed by atoms with Crippen LogP contribution in [0.4, 0.5) is 0 Å². The molecule has 3 N–H and O–H groups in total. The van der Waals surface area contributed by atoms with Gasteiger partial charge in [-0.3, -0.25) is 4.79 Å². The van der Waals surface area contributed by atoms with Crippen molar-refractivity contribution >= 4 is 45.1 Å². The van der Waals surface area contributed by atoms with Gasteiger partial charge >= 0.3 is 5.97 Å². The van der Waals surface area contributed by atoms with Gasteiger partial charge in [0.1, 0.15) is 4.90 Å². The van der Waals surface area contributed by atoms with Crippen LogP contribution in [0.1, 0.15) is 16.8 Å². The van der Waals surface area contributed by atoms with Gasteiger partial charge in [-0.05, 0) is 12.1 Å². The molecule has 1 saturated heterocycles. The number of carboxylic acids is 1. The van der Waals surface area contributed by atoms with Gasteiger partial charge < -0.3 is 10.4 Å². The Bertz CT molecular complexity index is 720. The summed E-state index contributed by atoms with van der Waals surface area (Å²) in [6, 6.07) is 1.65. The van der Waals surface area contributed by atoms with Gasteiger partial charge in [0.2, 0.25) is 15.9 Å². The number of aromatic carboxylic acids is 1. The van der Waals surface area contributed by atoms with Gasteiger partial charge in [-0.25, -0.2) is 17.9 Å². The summed E-state index contributed by atoms with van der Waals surface area (Å²) in [5, 5.41) is 10.9. The van der Waals surface area contributed by atoms with Crippen LogP contribution in [0.3, 0.4) is 0 Å². The molecule has 0 saturated carbocycles. The smallest absolute Gasteiger partial charge is 0.338 e. The van der Waals surface area contributed by atoms with E-state index in [0.29, 0.717) is 0 Å². The monoisotopic (exact) mass is 352 g/mol. The number of carboxylic acid groups (broad SMARTS) is 1. The van der Waals surface area contributed by atoms with Crippen molar-refractivity contribution in [1.82, 2.24) is 10.0 Å². The Labute approximate surface area is 130 Å². The van der Waals surface area contributed by atoms with Crippen LogP contribution in [0, 0.1) is 0 Å². The maximum atomic E-state index is 12.2. The van der Waals surface area contributed by atoms with E-state index in [4.69, 9.17) is 28.3 Å². The maximum Gasteiger partial charge on any atom is 0.338 e. The van der Waals surface area contributed by atoms with Gasteiger partial charge in [0.25, 0.3) is 0 Å². The molecule has 1 amide bonds. The van der Waals surface area contributed by atoms with Crippen molar-refractivity contribution < 1.29 is 23.1 Å². The van der Waals surface area contributed by atoms with Crippen molar-refractivity contribution in [3.05, 3.63) is 27.7 Å². The highest BCUT2D eigenvalue weighted by atomic mass is 35.5. The lowest BCUT2D eigenvalue weighted by Gasteiger charge is -2.13. The zero-order valence-corrected chi connectivity index (χ0v) is 12.7. The number of carbonyl (C=O) groups is 2. The molecule has 1 aliphatic heterocycles. The van der Waals surface area contributed by atoms with Crippen LogP contribution in [0.15, 0.2) is 17.0 Å². The quantitative estimate of drug-likeness (QED) is 0.743. The van der Waals surface area contributed by atoms with Crippen LogP contribution in [0.25, 0.3) is 0 Å². The van der Waals surface area contributed by atoms with Crippen LogP contribution in [0.5, 0.6) is 0 Å². The lowest BCUT2D eigenvalue weighted by atomic mass is 10.2. The molecular weight excluding hydrogens is 343 g/mol. The van der Waals surface area contributed by atoms with E-state index >= 15 is 0 Å². The van der Waals surface area contributed by atoms with Crippen LogP contribution in [0.2, 0.25) is 10.0 Å². The molecule has 1 aromatic carbocycles. The molecule has 1 unspecified atom stereocenters. The number of nitrogens with one attached hydrogen (secondary N) is 2. The number of sulfonamides is 1. The lowest BCUT2D eigenvalue weighted by molar-refractivity contribution is -0.119. The number of carbonyl (C=O) groups excluding carboxylic acids is 1. The number of hydrogen-bond donors (Lipinski definition) is 3. The first-order chi connectivity index (χ1) is 9.72. The molecule has 21 heavy (non-hydrogen) atoms. The summed E-state index contributed by atoms with van der Waals surface area (Å²) in [4.78, 5) is 21.7. The van der Waals surface area contributed by atoms with Crippen molar-refractivity contribution in [3.8, 4) is 0 Å². The summed E-state index contributed by atoms with van der Waals surface area (Å²) in [6.45, 7) is 0.162. The number of halogens is 2. The number of rotatable bonds is 4. The summed E-state index contributed by atoms with van der Waals surface area (Å²) < 4.78 is 26.8. The lowest BCUT2D eigenvalue weighted by Crippen LogP contribution is -2.36. The Morgan fingerprint density at radius 2 is 2.05 bits per heavy atom. The molecule has 1 aromatic rings. The van der Waals surface area contributed by atoms with E-state index < -0.39 is 37.5 Å². The van der Waals surface area contributed by atoms with E-state index in [9.17, 15) is 18.0 Å². The van der Waals surface area contributed by atoms with Crippen molar-refractivity contribution in [1.29, 1.82) is 0 Å². The minimum atomic E-state index is -4.07. The van der Waals surface area contributed by atoms with E-state index in [1.165, 1.54) is 0 Å². The van der Waals surface area contributed by atoms with Gasteiger partial charge in [-0.2, -0.15) is 0 Å². The normalized spacial score (nSPS) is 18.6. The maximum absolute atomic E-state index is 12.2. The second-order valence-corrected chi connectivity index (χ2v) is 6.83. The molecule has 2 rings (SSSR count). The summed E-state index contributed by atoms with van der Waals surface area (Å²) in [5.74, 6) is -1.70. The van der Waals surface area contributed by atoms with E-state index in [-0.39, 0.29) is 23.9 Å². The van der Waals surface area contributed by atoms with E-state index in [1.54, 1.807) is 0 Å². The fourth-order valence-corrected chi connectivity index (χ4v) is 4.06. The van der Waals surface area contributed by atoms with Crippen LogP contribution >= 0.6 is 23.2 Å². The third kappa shape index (κ3) is 3.29. The summed E-state index contributed by atoms with van der Waals surface area (Å²) in [7, 11) is -4.07. The van der Waals surface area contributed by atoms with Crippen molar-refractivity contribution in [2.24, 2.45) is 0 Å². The van der Waals surface area contributed by atoms with Gasteiger partial charge in [-0.1, -0.05) is 23.2 Å². The third-order valence-corrected chi connectivity index (χ3v) is 5.24. The first-order valence-electron chi connectivity index (χ1n) is 5.72. The molecule has 0 aliphatic carbocycles.